The fourth-order valence-corrected chi connectivity index (χ4v) is 8.79. The van der Waals surface area contributed by atoms with Gasteiger partial charge in [0.2, 0.25) is 10.0 Å². The van der Waals surface area contributed by atoms with Gasteiger partial charge in [-0.2, -0.15) is 0 Å². The molecular weight excluding hydrogens is 655 g/mol. The van der Waals surface area contributed by atoms with Crippen molar-refractivity contribution in [2.45, 2.75) is 121 Å². The molecule has 0 fully saturated rings. The Balaban J connectivity index is 1.75. The summed E-state index contributed by atoms with van der Waals surface area (Å²) in [5.74, 6) is 1.34. The number of benzene rings is 4. The van der Waals surface area contributed by atoms with Crippen LogP contribution in [0.25, 0.3) is 21.5 Å². The summed E-state index contributed by atoms with van der Waals surface area (Å²) >= 11 is 0. The maximum atomic E-state index is 14.2. The predicted molar refractivity (Wildman–Crippen MR) is 213 cm³/mol. The van der Waals surface area contributed by atoms with Gasteiger partial charge >= 0.3 is 0 Å². The molecule has 0 heterocycles. The molecular formula is C44H61NO5S. The van der Waals surface area contributed by atoms with E-state index >= 15 is 0 Å². The Morgan fingerprint density at radius 3 is 1.98 bits per heavy atom. The van der Waals surface area contributed by atoms with E-state index in [4.69, 9.17) is 16.4 Å². The smallest absolute Gasteiger partial charge is 0.247 e. The van der Waals surface area contributed by atoms with Gasteiger partial charge in [-0.05, 0) is 58.2 Å². The van der Waals surface area contributed by atoms with Crippen LogP contribution < -0.4 is 9.47 Å². The normalized spacial score (nSPS) is 12.6. The lowest BCUT2D eigenvalue weighted by Gasteiger charge is -2.23. The molecule has 7 heteroatoms. The zero-order valence-electron chi connectivity index (χ0n) is 31.6. The third-order valence-corrected chi connectivity index (χ3v) is 12.1. The number of unbranched alkanes of at least 4 members (excludes halogenated alkanes) is 10. The van der Waals surface area contributed by atoms with Gasteiger partial charge in [0.15, 0.2) is 0 Å². The highest BCUT2D eigenvalue weighted by atomic mass is 32.2. The lowest BCUT2D eigenvalue weighted by molar-refractivity contribution is 0.200. The zero-order chi connectivity index (χ0) is 36.6. The Bertz CT molecular complexity index is 1770. The average Bonchev–Trinajstić information content (AvgIpc) is 3.13. The molecule has 51 heavy (non-hydrogen) atoms. The molecule has 0 saturated heterocycles. The molecule has 4 aromatic rings. The number of ether oxygens (including phenoxy) is 2. The van der Waals surface area contributed by atoms with E-state index in [0.29, 0.717) is 24.3 Å². The van der Waals surface area contributed by atoms with Gasteiger partial charge in [-0.1, -0.05) is 140 Å². The van der Waals surface area contributed by atoms with E-state index in [1.165, 1.54) is 73.0 Å². The highest BCUT2D eigenvalue weighted by Gasteiger charge is 2.29. The van der Waals surface area contributed by atoms with Crippen LogP contribution in [0, 0.1) is 6.92 Å². The third-order valence-electron chi connectivity index (χ3n) is 10.2. The number of aliphatic hydroxyl groups is 1. The van der Waals surface area contributed by atoms with E-state index in [-0.39, 0.29) is 30.5 Å². The summed E-state index contributed by atoms with van der Waals surface area (Å²) in [5.41, 5.74) is 3.16. The number of sulfonamides is 1. The first kappa shape index (κ1) is 40.6. The van der Waals surface area contributed by atoms with Crippen molar-refractivity contribution in [3.05, 3.63) is 84.3 Å². The van der Waals surface area contributed by atoms with Crippen molar-refractivity contribution in [3.63, 3.8) is 0 Å². The molecule has 4 rings (SSSR count). The van der Waals surface area contributed by atoms with E-state index in [1.807, 2.05) is 30.3 Å². The van der Waals surface area contributed by atoms with Gasteiger partial charge < -0.3 is 14.6 Å². The van der Waals surface area contributed by atoms with Crippen LogP contribution >= 0.6 is 0 Å². The summed E-state index contributed by atoms with van der Waals surface area (Å²) in [5, 5.41) is 13.5. The highest BCUT2D eigenvalue weighted by Crippen LogP contribution is 2.42. The fourth-order valence-electron chi connectivity index (χ4n) is 7.28. The lowest BCUT2D eigenvalue weighted by Crippen LogP contribution is -2.28. The third kappa shape index (κ3) is 10.7. The Morgan fingerprint density at radius 2 is 1.33 bits per heavy atom. The van der Waals surface area contributed by atoms with Crippen molar-refractivity contribution < 1.29 is 23.0 Å². The zero-order valence-corrected chi connectivity index (χ0v) is 32.4. The van der Waals surface area contributed by atoms with Gasteiger partial charge in [0.25, 0.3) is 0 Å². The second-order valence-corrected chi connectivity index (χ2v) is 16.0. The maximum Gasteiger partial charge on any atom is 0.247 e. The first-order chi connectivity index (χ1) is 24.8. The van der Waals surface area contributed by atoms with Crippen molar-refractivity contribution in [2.75, 3.05) is 33.4 Å². The van der Waals surface area contributed by atoms with E-state index < -0.39 is 10.0 Å². The molecule has 1 N–H and O–H groups in total. The van der Waals surface area contributed by atoms with Crippen molar-refractivity contribution in [1.82, 2.24) is 4.31 Å². The summed E-state index contributed by atoms with van der Waals surface area (Å²) in [6.45, 7) is 13.0. The standard InChI is InChI=1S/C44H61NO5S/c1-6-9-11-13-15-17-23-34(4)40-33-42(50-30-29-46)41(38-26-20-19-25-37(38)40)31-35-32-43(49-8-3)44(39-27-21-18-24-36(35)39)51(47,48)45(5)28-22-16-14-12-10-7-2/h3,18-21,24-27,32-34,46H,6-17,22-23,28-31H2,1-2,4-5H3. The molecule has 0 aromatic heterocycles. The number of rotatable bonds is 24. The van der Waals surface area contributed by atoms with E-state index in [0.717, 1.165) is 53.3 Å². The Labute approximate surface area is 308 Å². The second kappa shape index (κ2) is 20.8. The summed E-state index contributed by atoms with van der Waals surface area (Å²) in [6.07, 6.45) is 15.6. The van der Waals surface area contributed by atoms with Gasteiger partial charge in [0.1, 0.15) is 23.0 Å². The summed E-state index contributed by atoms with van der Waals surface area (Å²) in [4.78, 5) is 0.154. The quantitative estimate of drug-likeness (QED) is 0.0731. The van der Waals surface area contributed by atoms with Crippen LogP contribution in [0.4, 0.5) is 0 Å². The summed E-state index contributed by atoms with van der Waals surface area (Å²) in [6, 6.07) is 20.2. The van der Waals surface area contributed by atoms with Crippen molar-refractivity contribution >= 4 is 31.6 Å². The summed E-state index contributed by atoms with van der Waals surface area (Å²) in [7, 11) is -2.23. The average molecular weight is 716 g/mol. The van der Waals surface area contributed by atoms with Gasteiger partial charge in [0, 0.05) is 37.9 Å². The number of fused-ring (bicyclic) bond motifs is 2. The van der Waals surface area contributed by atoms with Crippen LogP contribution in [0.1, 0.15) is 127 Å². The second-order valence-electron chi connectivity index (χ2n) is 14.0. The van der Waals surface area contributed by atoms with Gasteiger partial charge in [-0.25, -0.2) is 12.7 Å². The maximum absolute atomic E-state index is 14.2. The molecule has 4 aromatic carbocycles. The lowest BCUT2D eigenvalue weighted by atomic mass is 9.86. The minimum atomic E-state index is -3.89. The molecule has 6 nitrogen and oxygen atoms in total. The van der Waals surface area contributed by atoms with Crippen molar-refractivity contribution in [2.24, 2.45) is 0 Å². The molecule has 0 aliphatic rings. The van der Waals surface area contributed by atoms with Crippen LogP contribution in [0.3, 0.4) is 0 Å². The van der Waals surface area contributed by atoms with E-state index in [2.05, 4.69) is 51.1 Å². The number of nitrogens with zero attached hydrogens (tertiary/aromatic N) is 1. The van der Waals surface area contributed by atoms with Gasteiger partial charge in [0.05, 0.1) is 13.2 Å². The van der Waals surface area contributed by atoms with Crippen LogP contribution in [0.5, 0.6) is 11.5 Å². The molecule has 0 saturated carbocycles. The molecule has 0 amide bonds. The van der Waals surface area contributed by atoms with Crippen molar-refractivity contribution in [1.29, 1.82) is 0 Å². The first-order valence-electron chi connectivity index (χ1n) is 19.4. The molecule has 0 aliphatic carbocycles. The monoisotopic (exact) mass is 715 g/mol. The van der Waals surface area contributed by atoms with E-state index in [9.17, 15) is 13.5 Å². The summed E-state index contributed by atoms with van der Waals surface area (Å²) < 4.78 is 42.1. The topological polar surface area (TPSA) is 76.1 Å². The largest absolute Gasteiger partial charge is 0.492 e. The SMILES string of the molecule is [CH]COc1cc(Cc2c(OCCO)cc(C(C)CCCCCCCC)c3ccccc23)c2ccccc2c1S(=O)(=O)N(C)CCCCCCCC. The minimum absolute atomic E-state index is 0.0921. The molecule has 2 radical (unpaired) electrons. The fraction of sp³-hybridized carbons (Fsp3) is 0.523. The highest BCUT2D eigenvalue weighted by molar-refractivity contribution is 7.89. The van der Waals surface area contributed by atoms with Gasteiger partial charge in [-0.15, -0.1) is 0 Å². The first-order valence-corrected chi connectivity index (χ1v) is 20.8. The number of hydrogen-bond acceptors (Lipinski definition) is 5. The van der Waals surface area contributed by atoms with Crippen molar-refractivity contribution in [3.8, 4) is 11.5 Å². The number of aliphatic hydroxyl groups excluding tert-OH is 1. The molecule has 0 bridgehead atoms. The molecule has 278 valence electrons. The van der Waals surface area contributed by atoms with Crippen LogP contribution in [0.15, 0.2) is 65.6 Å². The minimum Gasteiger partial charge on any atom is -0.492 e. The molecule has 0 aliphatic heterocycles. The van der Waals surface area contributed by atoms with Crippen LogP contribution in [-0.4, -0.2) is 51.2 Å². The van der Waals surface area contributed by atoms with Crippen LogP contribution in [0.2, 0.25) is 0 Å². The molecule has 0 spiro atoms. The van der Waals surface area contributed by atoms with E-state index in [1.54, 1.807) is 7.05 Å². The Kier molecular flexibility index (Phi) is 16.6. The molecule has 1 unspecified atom stereocenters. The Morgan fingerprint density at radius 1 is 0.745 bits per heavy atom. The Hall–Kier alpha value is -3.13. The van der Waals surface area contributed by atoms with Gasteiger partial charge in [-0.3, -0.25) is 0 Å². The predicted octanol–water partition coefficient (Wildman–Crippen LogP) is 10.9. The number of hydrogen-bond donors (Lipinski definition) is 1. The van der Waals surface area contributed by atoms with Crippen LogP contribution in [-0.2, 0) is 16.4 Å². The molecule has 1 atom stereocenters.